The molecule has 0 fully saturated rings. The molecule has 4 heteroatoms. The Morgan fingerprint density at radius 3 is 1.84 bits per heavy atom. The van der Waals surface area contributed by atoms with Gasteiger partial charge in [-0.3, -0.25) is 4.21 Å². The van der Waals surface area contributed by atoms with E-state index in [-0.39, 0.29) is 0 Å². The van der Waals surface area contributed by atoms with Crippen molar-refractivity contribution in [3.05, 3.63) is 59.7 Å². The van der Waals surface area contributed by atoms with Gasteiger partial charge in [0.25, 0.3) is 0 Å². The molecule has 2 N–H and O–H groups in total. The number of aryl methyl sites for hydroxylation is 2. The summed E-state index contributed by atoms with van der Waals surface area (Å²) in [6.07, 6.45) is 2.97. The maximum absolute atomic E-state index is 10.7. The highest BCUT2D eigenvalue weighted by Crippen LogP contribution is 2.12. The van der Waals surface area contributed by atoms with Crippen LogP contribution in [0.2, 0.25) is 0 Å². The number of anilines is 1. The second kappa shape index (κ2) is 6.50. The number of hydrogen-bond donors (Lipinski definition) is 1. The molecule has 0 heterocycles. The largest absolute Gasteiger partial charge is 0.768 e. The van der Waals surface area contributed by atoms with Gasteiger partial charge < -0.3 is 10.3 Å². The Balaban J connectivity index is 1.85. The van der Waals surface area contributed by atoms with Crippen molar-refractivity contribution in [2.45, 2.75) is 24.2 Å². The van der Waals surface area contributed by atoms with Crippen molar-refractivity contribution in [3.63, 3.8) is 0 Å². The van der Waals surface area contributed by atoms with E-state index in [4.69, 9.17) is 5.73 Å². The molecule has 3 nitrogen and oxygen atoms in total. The lowest BCUT2D eigenvalue weighted by molar-refractivity contribution is 0.537. The van der Waals surface area contributed by atoms with Crippen LogP contribution in [0.5, 0.6) is 0 Å². The summed E-state index contributed by atoms with van der Waals surface area (Å²) in [7, 11) is 0. The fourth-order valence-electron chi connectivity index (χ4n) is 1.95. The van der Waals surface area contributed by atoms with Crippen LogP contribution in [0.15, 0.2) is 53.4 Å². The van der Waals surface area contributed by atoms with Gasteiger partial charge >= 0.3 is 0 Å². The van der Waals surface area contributed by atoms with Crippen LogP contribution in [0.1, 0.15) is 17.5 Å². The highest BCUT2D eigenvalue weighted by molar-refractivity contribution is 7.79. The molecule has 0 bridgehead atoms. The maximum Gasteiger partial charge on any atom is 0.0314 e. The first kappa shape index (κ1) is 13.8. The lowest BCUT2D eigenvalue weighted by Crippen LogP contribution is -1.93. The van der Waals surface area contributed by atoms with E-state index < -0.39 is 11.1 Å². The van der Waals surface area contributed by atoms with Crippen molar-refractivity contribution < 1.29 is 8.76 Å². The van der Waals surface area contributed by atoms with Gasteiger partial charge in [0.2, 0.25) is 0 Å². The molecule has 0 spiro atoms. The molecule has 0 aliphatic carbocycles. The van der Waals surface area contributed by atoms with Gasteiger partial charge in [0, 0.05) is 10.6 Å². The van der Waals surface area contributed by atoms with Gasteiger partial charge in [0.1, 0.15) is 0 Å². The first-order valence-electron chi connectivity index (χ1n) is 6.18. The summed E-state index contributed by atoms with van der Waals surface area (Å²) in [4.78, 5) is 0.335. The molecular formula is C15H16NO2S-. The first-order valence-corrected chi connectivity index (χ1v) is 7.25. The van der Waals surface area contributed by atoms with E-state index in [9.17, 15) is 8.76 Å². The van der Waals surface area contributed by atoms with E-state index in [0.29, 0.717) is 4.90 Å². The molecule has 0 aliphatic heterocycles. The molecular weight excluding hydrogens is 258 g/mol. The van der Waals surface area contributed by atoms with Crippen LogP contribution in [0.4, 0.5) is 5.69 Å². The minimum absolute atomic E-state index is 0.335. The van der Waals surface area contributed by atoms with Crippen LogP contribution in [0, 0.1) is 0 Å². The number of nitrogens with two attached hydrogens (primary N) is 1. The monoisotopic (exact) mass is 274 g/mol. The fraction of sp³-hybridized carbons (Fsp3) is 0.200. The van der Waals surface area contributed by atoms with E-state index in [1.54, 1.807) is 12.1 Å². The summed E-state index contributed by atoms with van der Waals surface area (Å²) >= 11 is -2.14. The predicted octanol–water partition coefficient (Wildman–Crippen LogP) is 2.68. The van der Waals surface area contributed by atoms with Gasteiger partial charge in [-0.15, -0.1) is 0 Å². The van der Waals surface area contributed by atoms with Crippen molar-refractivity contribution in [2.24, 2.45) is 0 Å². The normalized spacial score (nSPS) is 12.3. The minimum Gasteiger partial charge on any atom is -0.768 e. The average molecular weight is 274 g/mol. The second-order valence-electron chi connectivity index (χ2n) is 4.47. The molecule has 0 aromatic heterocycles. The summed E-state index contributed by atoms with van der Waals surface area (Å²) < 4.78 is 21.5. The zero-order valence-electron chi connectivity index (χ0n) is 10.5. The molecule has 2 rings (SSSR count). The topological polar surface area (TPSA) is 66.2 Å². The Morgan fingerprint density at radius 1 is 0.895 bits per heavy atom. The van der Waals surface area contributed by atoms with Gasteiger partial charge in [0.05, 0.1) is 0 Å². The van der Waals surface area contributed by atoms with Crippen molar-refractivity contribution in [3.8, 4) is 0 Å². The smallest absolute Gasteiger partial charge is 0.0314 e. The standard InChI is InChI=1S/C15H17NO2S/c16-14-8-4-12(5-9-14)2-1-3-13-6-10-15(11-7-13)19(17)18/h4-11H,1-3,16H2,(H,17,18)/p-1. The van der Waals surface area contributed by atoms with Gasteiger partial charge in [-0.05, 0) is 65.7 Å². The Hall–Kier alpha value is -1.65. The number of benzene rings is 2. The van der Waals surface area contributed by atoms with Crippen molar-refractivity contribution >= 4 is 16.8 Å². The predicted molar refractivity (Wildman–Crippen MR) is 76.5 cm³/mol. The summed E-state index contributed by atoms with van der Waals surface area (Å²) in [5.41, 5.74) is 8.84. The van der Waals surface area contributed by atoms with Crippen LogP contribution >= 0.6 is 0 Å². The van der Waals surface area contributed by atoms with Crippen LogP contribution in [0.25, 0.3) is 0 Å². The van der Waals surface area contributed by atoms with Crippen molar-refractivity contribution in [1.29, 1.82) is 0 Å². The molecule has 100 valence electrons. The van der Waals surface area contributed by atoms with E-state index in [2.05, 4.69) is 0 Å². The molecule has 1 atom stereocenters. The third kappa shape index (κ3) is 4.19. The highest BCUT2D eigenvalue weighted by atomic mass is 32.2. The fourth-order valence-corrected chi connectivity index (χ4v) is 2.31. The first-order chi connectivity index (χ1) is 9.15. The summed E-state index contributed by atoms with van der Waals surface area (Å²) in [5.74, 6) is 0. The van der Waals surface area contributed by atoms with Crippen molar-refractivity contribution in [1.82, 2.24) is 0 Å². The Morgan fingerprint density at radius 2 is 1.37 bits per heavy atom. The van der Waals surface area contributed by atoms with Gasteiger partial charge in [-0.1, -0.05) is 24.3 Å². The zero-order valence-corrected chi connectivity index (χ0v) is 11.4. The quantitative estimate of drug-likeness (QED) is 0.673. The molecule has 2 aromatic rings. The van der Waals surface area contributed by atoms with Gasteiger partial charge in [-0.25, -0.2) is 0 Å². The number of rotatable bonds is 5. The highest BCUT2D eigenvalue weighted by Gasteiger charge is 1.97. The van der Waals surface area contributed by atoms with E-state index >= 15 is 0 Å². The Kier molecular flexibility index (Phi) is 4.71. The van der Waals surface area contributed by atoms with E-state index in [1.807, 2.05) is 36.4 Å². The summed E-state index contributed by atoms with van der Waals surface area (Å²) in [5, 5.41) is 0. The summed E-state index contributed by atoms with van der Waals surface area (Å²) in [6.45, 7) is 0. The molecule has 0 saturated heterocycles. The Bertz CT molecular complexity index is 549. The van der Waals surface area contributed by atoms with E-state index in [0.717, 1.165) is 30.5 Å². The molecule has 0 saturated carbocycles. The van der Waals surface area contributed by atoms with Crippen LogP contribution in [-0.2, 0) is 23.9 Å². The second-order valence-corrected chi connectivity index (χ2v) is 5.41. The molecule has 2 aromatic carbocycles. The SMILES string of the molecule is Nc1ccc(CCCc2ccc(S(=O)[O-])cc2)cc1. The molecule has 0 aliphatic rings. The number of nitrogen functional groups attached to an aromatic ring is 1. The van der Waals surface area contributed by atoms with Crippen LogP contribution in [0.3, 0.4) is 0 Å². The zero-order chi connectivity index (χ0) is 13.7. The summed E-state index contributed by atoms with van der Waals surface area (Å²) in [6, 6.07) is 14.9. The van der Waals surface area contributed by atoms with Gasteiger partial charge in [0.15, 0.2) is 0 Å². The van der Waals surface area contributed by atoms with Crippen LogP contribution < -0.4 is 5.73 Å². The lowest BCUT2D eigenvalue weighted by Gasteiger charge is -2.06. The number of hydrogen-bond acceptors (Lipinski definition) is 3. The minimum atomic E-state index is -2.14. The maximum atomic E-state index is 10.7. The third-order valence-electron chi connectivity index (χ3n) is 3.03. The van der Waals surface area contributed by atoms with Gasteiger partial charge in [-0.2, -0.15) is 0 Å². The molecule has 19 heavy (non-hydrogen) atoms. The Labute approximate surface area is 115 Å². The van der Waals surface area contributed by atoms with Crippen LogP contribution in [-0.4, -0.2) is 8.76 Å². The average Bonchev–Trinajstić information content (AvgIpc) is 2.41. The molecule has 1 unspecified atom stereocenters. The lowest BCUT2D eigenvalue weighted by atomic mass is 10.0. The van der Waals surface area contributed by atoms with E-state index in [1.165, 1.54) is 5.56 Å². The molecule has 0 radical (unpaired) electrons. The third-order valence-corrected chi connectivity index (χ3v) is 3.68. The molecule has 0 amide bonds. The van der Waals surface area contributed by atoms with Crippen molar-refractivity contribution in [2.75, 3.05) is 5.73 Å².